The van der Waals surface area contributed by atoms with Gasteiger partial charge in [-0.25, -0.2) is 4.39 Å². The molecule has 5 nitrogen and oxygen atoms in total. The van der Waals surface area contributed by atoms with Crippen molar-refractivity contribution in [1.82, 2.24) is 20.3 Å². The van der Waals surface area contributed by atoms with Crippen molar-refractivity contribution in [3.63, 3.8) is 0 Å². The molecule has 13 heavy (non-hydrogen) atoms. The van der Waals surface area contributed by atoms with Gasteiger partial charge >= 0.3 is 0 Å². The fourth-order valence-electron chi connectivity index (χ4n) is 1.36. The monoisotopic (exact) mass is 184 g/mol. The van der Waals surface area contributed by atoms with Gasteiger partial charge in [0.1, 0.15) is 5.67 Å². The van der Waals surface area contributed by atoms with Gasteiger partial charge in [0, 0.05) is 0 Å². The first-order valence-electron chi connectivity index (χ1n) is 3.92. The number of nitrogens with zero attached hydrogens (tertiary/aromatic N) is 3. The molecule has 0 spiro atoms. The normalized spacial score (nSPS) is 19.7. The third-order valence-corrected chi connectivity index (χ3v) is 1.96. The summed E-state index contributed by atoms with van der Waals surface area (Å²) in [5.74, 6) is -0.274. The Labute approximate surface area is 73.9 Å². The largest absolute Gasteiger partial charge is 0.331 e. The lowest BCUT2D eigenvalue weighted by molar-refractivity contribution is -0.00823. The molecule has 0 bridgehead atoms. The van der Waals surface area contributed by atoms with Gasteiger partial charge in [0.05, 0.1) is 19.3 Å². The van der Waals surface area contributed by atoms with E-state index in [1.54, 1.807) is 0 Å². The first-order chi connectivity index (χ1) is 6.08. The summed E-state index contributed by atoms with van der Waals surface area (Å²) in [7, 11) is 0. The van der Waals surface area contributed by atoms with Crippen molar-refractivity contribution >= 4 is 5.91 Å². The van der Waals surface area contributed by atoms with Crippen LogP contribution in [-0.4, -0.2) is 45.0 Å². The lowest BCUT2D eigenvalue weighted by Crippen LogP contribution is -2.59. The summed E-state index contributed by atoms with van der Waals surface area (Å²) in [5, 5.41) is 9.45. The number of hydrogen-bond donors (Lipinski definition) is 1. The van der Waals surface area contributed by atoms with E-state index in [0.717, 1.165) is 0 Å². The zero-order valence-corrected chi connectivity index (χ0v) is 7.12. The molecule has 1 aliphatic rings. The molecule has 1 aromatic heterocycles. The number of alkyl halides is 1. The third kappa shape index (κ3) is 1.39. The number of carbonyl (C=O) groups is 1. The molecule has 0 aliphatic carbocycles. The number of rotatable bonds is 1. The number of carbonyl (C=O) groups excluding carboxylic acids is 1. The van der Waals surface area contributed by atoms with E-state index in [1.165, 1.54) is 18.0 Å². The maximum absolute atomic E-state index is 13.0. The molecule has 70 valence electrons. The maximum atomic E-state index is 13.0. The SMILES string of the molecule is CC1(F)CN(C(=O)c2cn[nH]n2)C1. The Balaban J connectivity index is 2.02. The summed E-state index contributed by atoms with van der Waals surface area (Å²) in [6, 6.07) is 0. The van der Waals surface area contributed by atoms with Gasteiger partial charge in [-0.2, -0.15) is 15.4 Å². The number of aromatic amines is 1. The lowest BCUT2D eigenvalue weighted by Gasteiger charge is -2.41. The summed E-state index contributed by atoms with van der Waals surface area (Å²) in [5.41, 5.74) is -1.00. The number of H-pyrrole nitrogens is 1. The second-order valence-electron chi connectivity index (χ2n) is 3.43. The molecule has 1 aromatic rings. The van der Waals surface area contributed by atoms with E-state index in [9.17, 15) is 9.18 Å². The molecule has 0 unspecified atom stereocenters. The molecule has 1 fully saturated rings. The molecular formula is C7H9FN4O. The average molecular weight is 184 g/mol. The molecule has 2 rings (SSSR count). The summed E-state index contributed by atoms with van der Waals surface area (Å²) in [6.45, 7) is 1.75. The smallest absolute Gasteiger partial charge is 0.276 e. The van der Waals surface area contributed by atoms with Crippen LogP contribution in [-0.2, 0) is 0 Å². The highest BCUT2D eigenvalue weighted by atomic mass is 19.1. The predicted molar refractivity (Wildman–Crippen MR) is 41.8 cm³/mol. The number of halogens is 1. The molecule has 0 atom stereocenters. The van der Waals surface area contributed by atoms with E-state index >= 15 is 0 Å². The Kier molecular flexibility index (Phi) is 1.58. The fourth-order valence-corrected chi connectivity index (χ4v) is 1.36. The predicted octanol–water partition coefficient (Wildman–Crippen LogP) is -0.0113. The highest BCUT2D eigenvalue weighted by Gasteiger charge is 2.42. The number of aromatic nitrogens is 3. The van der Waals surface area contributed by atoms with E-state index in [0.29, 0.717) is 0 Å². The minimum Gasteiger partial charge on any atom is -0.331 e. The Morgan fingerprint density at radius 2 is 2.46 bits per heavy atom. The van der Waals surface area contributed by atoms with Crippen LogP contribution in [0.15, 0.2) is 6.20 Å². The van der Waals surface area contributed by atoms with Crippen molar-refractivity contribution < 1.29 is 9.18 Å². The van der Waals surface area contributed by atoms with Crippen molar-refractivity contribution in [2.24, 2.45) is 0 Å². The number of nitrogens with one attached hydrogen (secondary N) is 1. The zero-order valence-electron chi connectivity index (χ0n) is 7.12. The standard InChI is InChI=1S/C7H9FN4O/c1-7(8)3-12(4-7)6(13)5-2-9-11-10-5/h2H,3-4H2,1H3,(H,9,10,11). The number of likely N-dealkylation sites (tertiary alicyclic amines) is 1. The van der Waals surface area contributed by atoms with E-state index in [1.807, 2.05) is 0 Å². The first kappa shape index (κ1) is 8.15. The van der Waals surface area contributed by atoms with Gasteiger partial charge in [0.15, 0.2) is 5.69 Å². The zero-order chi connectivity index (χ0) is 9.47. The highest BCUT2D eigenvalue weighted by Crippen LogP contribution is 2.25. The van der Waals surface area contributed by atoms with Crippen LogP contribution in [0.25, 0.3) is 0 Å². The minimum atomic E-state index is -1.24. The summed E-state index contributed by atoms with van der Waals surface area (Å²) >= 11 is 0. The molecule has 6 heteroatoms. The second-order valence-corrected chi connectivity index (χ2v) is 3.43. The maximum Gasteiger partial charge on any atom is 0.276 e. The number of amides is 1. The quantitative estimate of drug-likeness (QED) is 0.667. The van der Waals surface area contributed by atoms with Crippen LogP contribution in [0.5, 0.6) is 0 Å². The molecule has 0 aromatic carbocycles. The molecule has 0 radical (unpaired) electrons. The van der Waals surface area contributed by atoms with Gasteiger partial charge in [-0.3, -0.25) is 4.79 Å². The molecule has 2 heterocycles. The van der Waals surface area contributed by atoms with Gasteiger partial charge in [-0.15, -0.1) is 0 Å². The van der Waals surface area contributed by atoms with Crippen molar-refractivity contribution in [3.05, 3.63) is 11.9 Å². The van der Waals surface area contributed by atoms with Gasteiger partial charge in [0.25, 0.3) is 5.91 Å². The molecule has 1 N–H and O–H groups in total. The topological polar surface area (TPSA) is 61.9 Å². The van der Waals surface area contributed by atoms with Gasteiger partial charge in [0.2, 0.25) is 0 Å². The molecule has 1 aliphatic heterocycles. The van der Waals surface area contributed by atoms with Crippen LogP contribution in [0.4, 0.5) is 4.39 Å². The van der Waals surface area contributed by atoms with Crippen molar-refractivity contribution in [3.8, 4) is 0 Å². The van der Waals surface area contributed by atoms with E-state index < -0.39 is 5.67 Å². The Morgan fingerprint density at radius 1 is 1.77 bits per heavy atom. The van der Waals surface area contributed by atoms with Crippen molar-refractivity contribution in [2.45, 2.75) is 12.6 Å². The second kappa shape index (κ2) is 2.51. The van der Waals surface area contributed by atoms with Crippen molar-refractivity contribution in [1.29, 1.82) is 0 Å². The number of hydrogen-bond acceptors (Lipinski definition) is 3. The van der Waals surface area contributed by atoms with Crippen LogP contribution >= 0.6 is 0 Å². The van der Waals surface area contributed by atoms with Crippen LogP contribution in [0.3, 0.4) is 0 Å². The van der Waals surface area contributed by atoms with E-state index in [4.69, 9.17) is 0 Å². The molecular weight excluding hydrogens is 175 g/mol. The van der Waals surface area contributed by atoms with Gasteiger partial charge < -0.3 is 4.90 Å². The highest BCUT2D eigenvalue weighted by molar-refractivity contribution is 5.92. The molecule has 0 saturated carbocycles. The summed E-state index contributed by atoms with van der Waals surface area (Å²) < 4.78 is 13.0. The minimum absolute atomic E-state index is 0.138. The van der Waals surface area contributed by atoms with Crippen LogP contribution in [0.1, 0.15) is 17.4 Å². The Hall–Kier alpha value is -1.46. The molecule has 1 saturated heterocycles. The average Bonchev–Trinajstić information content (AvgIpc) is 2.50. The van der Waals surface area contributed by atoms with Crippen LogP contribution in [0.2, 0.25) is 0 Å². The van der Waals surface area contributed by atoms with Gasteiger partial charge in [-0.1, -0.05) is 0 Å². The van der Waals surface area contributed by atoms with E-state index in [-0.39, 0.29) is 24.7 Å². The van der Waals surface area contributed by atoms with Crippen LogP contribution < -0.4 is 0 Å². The van der Waals surface area contributed by atoms with Gasteiger partial charge in [-0.05, 0) is 6.92 Å². The van der Waals surface area contributed by atoms with E-state index in [2.05, 4.69) is 15.4 Å². The van der Waals surface area contributed by atoms with Crippen molar-refractivity contribution in [2.75, 3.05) is 13.1 Å². The first-order valence-corrected chi connectivity index (χ1v) is 3.92. The summed E-state index contributed by atoms with van der Waals surface area (Å²) in [4.78, 5) is 12.8. The Morgan fingerprint density at radius 3 is 2.92 bits per heavy atom. The third-order valence-electron chi connectivity index (χ3n) is 1.96. The Bertz CT molecular complexity index is 313. The summed E-state index contributed by atoms with van der Waals surface area (Å²) in [6.07, 6.45) is 1.33. The van der Waals surface area contributed by atoms with Crippen LogP contribution in [0, 0.1) is 0 Å². The fraction of sp³-hybridized carbons (Fsp3) is 0.571. The molecule has 1 amide bonds. The lowest BCUT2D eigenvalue weighted by atomic mass is 9.99.